The van der Waals surface area contributed by atoms with E-state index in [-0.39, 0.29) is 22.5 Å². The Morgan fingerprint density at radius 1 is 1.48 bits per heavy atom. The first kappa shape index (κ1) is 16.4. The van der Waals surface area contributed by atoms with Gasteiger partial charge in [0.05, 0.1) is 0 Å². The second-order valence-electron chi connectivity index (χ2n) is 5.18. The number of hydrogen-bond acceptors (Lipinski definition) is 5. The van der Waals surface area contributed by atoms with Crippen LogP contribution in [0.2, 0.25) is 0 Å². The van der Waals surface area contributed by atoms with E-state index >= 15 is 0 Å². The topological polar surface area (TPSA) is 96.6 Å². The summed E-state index contributed by atoms with van der Waals surface area (Å²) >= 11 is 1.75. The molecule has 1 aromatic rings. The van der Waals surface area contributed by atoms with E-state index in [1.807, 2.05) is 6.26 Å². The van der Waals surface area contributed by atoms with Crippen LogP contribution >= 0.6 is 11.8 Å². The molecular formula is C13H19NO5S2. The van der Waals surface area contributed by atoms with Gasteiger partial charge in [-0.1, -0.05) is 6.42 Å². The fourth-order valence-corrected chi connectivity index (χ4v) is 4.88. The molecule has 1 aliphatic rings. The van der Waals surface area contributed by atoms with Crippen molar-refractivity contribution in [1.29, 1.82) is 0 Å². The Balaban J connectivity index is 2.16. The van der Waals surface area contributed by atoms with Crippen LogP contribution in [0.1, 0.15) is 42.0 Å². The highest BCUT2D eigenvalue weighted by atomic mass is 32.2. The second-order valence-corrected chi connectivity index (χ2v) is 8.00. The number of thioether (sulfide) groups is 1. The number of nitrogens with one attached hydrogen (secondary N) is 1. The van der Waals surface area contributed by atoms with Gasteiger partial charge in [0, 0.05) is 17.4 Å². The van der Waals surface area contributed by atoms with Crippen LogP contribution in [0.15, 0.2) is 15.4 Å². The van der Waals surface area contributed by atoms with Gasteiger partial charge in [-0.25, -0.2) is 17.9 Å². The van der Waals surface area contributed by atoms with E-state index in [2.05, 4.69) is 4.72 Å². The van der Waals surface area contributed by atoms with Crippen molar-refractivity contribution in [1.82, 2.24) is 4.72 Å². The fraction of sp³-hybridized carbons (Fsp3) is 0.615. The van der Waals surface area contributed by atoms with E-state index in [0.717, 1.165) is 31.7 Å². The van der Waals surface area contributed by atoms with Crippen molar-refractivity contribution in [2.24, 2.45) is 0 Å². The molecule has 2 N–H and O–H groups in total. The lowest BCUT2D eigenvalue weighted by molar-refractivity contribution is 0.0661. The summed E-state index contributed by atoms with van der Waals surface area (Å²) in [5.41, 5.74) is 0. The van der Waals surface area contributed by atoms with Crippen LogP contribution in [0.3, 0.4) is 0 Å². The van der Waals surface area contributed by atoms with E-state index in [4.69, 9.17) is 9.52 Å². The minimum atomic E-state index is -3.75. The second kappa shape index (κ2) is 6.41. The normalized spacial score (nSPS) is 23.1. The Labute approximate surface area is 128 Å². The molecule has 0 saturated heterocycles. The maximum atomic E-state index is 12.4. The minimum Gasteiger partial charge on any atom is -0.475 e. The molecule has 6 nitrogen and oxygen atoms in total. The molecule has 0 bridgehead atoms. The van der Waals surface area contributed by atoms with Crippen molar-refractivity contribution in [3.63, 3.8) is 0 Å². The van der Waals surface area contributed by atoms with Crippen LogP contribution in [0, 0.1) is 6.92 Å². The zero-order valence-corrected chi connectivity index (χ0v) is 13.6. The molecule has 2 rings (SSSR count). The largest absolute Gasteiger partial charge is 0.475 e. The number of carboxylic acids is 1. The third kappa shape index (κ3) is 3.81. The van der Waals surface area contributed by atoms with Gasteiger partial charge < -0.3 is 9.52 Å². The number of sulfonamides is 1. The first-order valence-electron chi connectivity index (χ1n) is 6.72. The molecule has 1 fully saturated rings. The molecule has 0 radical (unpaired) electrons. The number of carbonyl (C=O) groups is 1. The molecule has 1 aromatic heterocycles. The molecule has 0 spiro atoms. The molecule has 118 valence electrons. The first-order valence-corrected chi connectivity index (χ1v) is 9.49. The maximum absolute atomic E-state index is 12.4. The average Bonchev–Trinajstić information content (AvgIpc) is 2.81. The van der Waals surface area contributed by atoms with Crippen LogP contribution in [-0.2, 0) is 10.0 Å². The quantitative estimate of drug-likeness (QED) is 0.858. The molecule has 0 amide bonds. The summed E-state index contributed by atoms with van der Waals surface area (Å²) in [4.78, 5) is 10.8. The molecule has 1 saturated carbocycles. The van der Waals surface area contributed by atoms with Crippen molar-refractivity contribution in [3.05, 3.63) is 17.6 Å². The van der Waals surface area contributed by atoms with Crippen LogP contribution in [0.25, 0.3) is 0 Å². The molecular weight excluding hydrogens is 314 g/mol. The number of rotatable bonds is 5. The lowest BCUT2D eigenvalue weighted by atomic mass is 9.96. The fourth-order valence-electron chi connectivity index (χ4n) is 2.59. The van der Waals surface area contributed by atoms with Crippen LogP contribution < -0.4 is 4.72 Å². The Morgan fingerprint density at radius 2 is 2.19 bits per heavy atom. The SMILES string of the molecule is CSC1CCCC(NS(=O)(=O)c2cc(C(=O)O)oc2C)C1. The van der Waals surface area contributed by atoms with Gasteiger partial charge in [0.15, 0.2) is 0 Å². The van der Waals surface area contributed by atoms with E-state index in [0.29, 0.717) is 5.25 Å². The number of aryl methyl sites for hydroxylation is 1. The summed E-state index contributed by atoms with van der Waals surface area (Å²) in [6, 6.07) is 0.957. The molecule has 1 heterocycles. The minimum absolute atomic E-state index is 0.0915. The standard InChI is InChI=1S/C13H19NO5S2/c1-8-12(7-11(19-8)13(15)16)21(17,18)14-9-4-3-5-10(6-9)20-2/h7,9-10,14H,3-6H2,1-2H3,(H,15,16). The highest BCUT2D eigenvalue weighted by Gasteiger charge is 2.29. The Morgan fingerprint density at radius 3 is 2.76 bits per heavy atom. The Kier molecular flexibility index (Phi) is 5.00. The molecule has 2 atom stereocenters. The van der Waals surface area contributed by atoms with Crippen LogP contribution in [-0.4, -0.2) is 37.0 Å². The highest BCUT2D eigenvalue weighted by Crippen LogP contribution is 2.28. The van der Waals surface area contributed by atoms with Crippen molar-refractivity contribution in [2.75, 3.05) is 6.26 Å². The number of carboxylic acid groups (broad SMARTS) is 1. The number of furan rings is 1. The lowest BCUT2D eigenvalue weighted by Crippen LogP contribution is -2.39. The summed E-state index contributed by atoms with van der Waals surface area (Å²) in [7, 11) is -3.75. The zero-order chi connectivity index (χ0) is 15.6. The first-order chi connectivity index (χ1) is 9.83. The Hall–Kier alpha value is -0.990. The summed E-state index contributed by atoms with van der Waals surface area (Å²) in [6.45, 7) is 1.45. The molecule has 8 heteroatoms. The monoisotopic (exact) mass is 333 g/mol. The van der Waals surface area contributed by atoms with Gasteiger partial charge in [-0.15, -0.1) is 0 Å². The zero-order valence-electron chi connectivity index (χ0n) is 12.0. The molecule has 2 unspecified atom stereocenters. The van der Waals surface area contributed by atoms with Gasteiger partial charge in [-0.3, -0.25) is 0 Å². The number of aromatic carboxylic acids is 1. The lowest BCUT2D eigenvalue weighted by Gasteiger charge is -2.28. The number of hydrogen-bond donors (Lipinski definition) is 2. The molecule has 1 aliphatic carbocycles. The molecule has 0 aliphatic heterocycles. The van der Waals surface area contributed by atoms with Gasteiger partial charge in [0.1, 0.15) is 10.7 Å². The van der Waals surface area contributed by atoms with Crippen molar-refractivity contribution < 1.29 is 22.7 Å². The molecule has 21 heavy (non-hydrogen) atoms. The smallest absolute Gasteiger partial charge is 0.371 e. The van der Waals surface area contributed by atoms with Crippen LogP contribution in [0.4, 0.5) is 0 Å². The summed E-state index contributed by atoms with van der Waals surface area (Å²) in [5, 5.41) is 9.33. The Bertz CT molecular complexity index is 623. The molecule has 0 aromatic carbocycles. The van der Waals surface area contributed by atoms with Gasteiger partial charge in [-0.05, 0) is 32.4 Å². The maximum Gasteiger partial charge on any atom is 0.371 e. The summed E-state index contributed by atoms with van der Waals surface area (Å²) in [6.07, 6.45) is 5.72. The van der Waals surface area contributed by atoms with Crippen LogP contribution in [0.5, 0.6) is 0 Å². The van der Waals surface area contributed by atoms with Gasteiger partial charge in [-0.2, -0.15) is 11.8 Å². The average molecular weight is 333 g/mol. The van der Waals surface area contributed by atoms with Crippen molar-refractivity contribution in [3.8, 4) is 0 Å². The van der Waals surface area contributed by atoms with E-state index < -0.39 is 16.0 Å². The summed E-state index contributed by atoms with van der Waals surface area (Å²) < 4.78 is 32.4. The van der Waals surface area contributed by atoms with Gasteiger partial charge in [0.25, 0.3) is 0 Å². The van der Waals surface area contributed by atoms with E-state index in [1.54, 1.807) is 11.8 Å². The van der Waals surface area contributed by atoms with E-state index in [9.17, 15) is 13.2 Å². The van der Waals surface area contributed by atoms with Gasteiger partial charge >= 0.3 is 5.97 Å². The predicted octanol–water partition coefficient (Wildman–Crippen LogP) is 2.24. The third-order valence-corrected chi connectivity index (χ3v) is 6.38. The van der Waals surface area contributed by atoms with Crippen molar-refractivity contribution in [2.45, 2.75) is 48.8 Å². The summed E-state index contributed by atoms with van der Waals surface area (Å²) in [5.74, 6) is -1.55. The third-order valence-electron chi connectivity index (χ3n) is 3.65. The van der Waals surface area contributed by atoms with Gasteiger partial charge in [0.2, 0.25) is 15.8 Å². The van der Waals surface area contributed by atoms with E-state index in [1.165, 1.54) is 6.92 Å². The van der Waals surface area contributed by atoms with Crippen molar-refractivity contribution >= 4 is 27.8 Å². The predicted molar refractivity (Wildman–Crippen MR) is 80.3 cm³/mol. The highest BCUT2D eigenvalue weighted by molar-refractivity contribution is 7.99.